The summed E-state index contributed by atoms with van der Waals surface area (Å²) in [5.74, 6) is -2.10. The van der Waals surface area contributed by atoms with Crippen LogP contribution in [0.25, 0.3) is 22.2 Å². The number of esters is 1. The van der Waals surface area contributed by atoms with Crippen LogP contribution in [0.15, 0.2) is 72.8 Å². The van der Waals surface area contributed by atoms with Gasteiger partial charge < -0.3 is 4.74 Å². The second-order valence-corrected chi connectivity index (χ2v) is 14.1. The lowest BCUT2D eigenvalue weighted by molar-refractivity contribution is -0.384. The van der Waals surface area contributed by atoms with E-state index in [1.165, 1.54) is 35.2 Å². The van der Waals surface area contributed by atoms with Gasteiger partial charge in [-0.2, -0.15) is 0 Å². The van der Waals surface area contributed by atoms with E-state index in [9.17, 15) is 29.3 Å². The number of alkyl halides is 2. The summed E-state index contributed by atoms with van der Waals surface area (Å²) < 4.78 is 5.36. The number of nitrogens with zero attached hydrogens (tertiary/aromatic N) is 3. The third-order valence-corrected chi connectivity index (χ3v) is 12.6. The maximum Gasteiger partial charge on any atom is 0.339 e. The molecule has 6 unspecified atom stereocenters. The first-order chi connectivity index (χ1) is 22.0. The van der Waals surface area contributed by atoms with Gasteiger partial charge in [-0.05, 0) is 66.8 Å². The number of halogens is 3. The van der Waals surface area contributed by atoms with Crippen molar-refractivity contribution in [2.45, 2.75) is 16.1 Å². The van der Waals surface area contributed by atoms with Gasteiger partial charge in [0.05, 0.1) is 39.2 Å². The zero-order chi connectivity index (χ0) is 32.4. The standard InChI is InChI=1S/C33H22Br2ClN3O7/c34-29-22-12-23(30(29)35)28-27(22)31(41)38(32(28)42)18-6-1-15(2-7-18)25-13-21(20-11-17(36)5-10-24(20)37-25)33(43)46-14-26(40)16-3-8-19(9-4-16)39(44)45/h1-11,13,22-23,27-30H,12,14H2. The van der Waals surface area contributed by atoms with Crippen LogP contribution >= 0.6 is 43.5 Å². The minimum Gasteiger partial charge on any atom is -0.454 e. The normalized spacial score (nSPS) is 24.8. The van der Waals surface area contributed by atoms with E-state index in [0.29, 0.717) is 32.9 Å². The third-order valence-electron chi connectivity index (χ3n) is 9.13. The number of carbonyl (C=O) groups excluding carboxylic acids is 4. The van der Waals surface area contributed by atoms with Gasteiger partial charge >= 0.3 is 5.97 Å². The molecule has 1 saturated heterocycles. The first kappa shape index (κ1) is 30.6. The fourth-order valence-corrected chi connectivity index (χ4v) is 9.01. The Labute approximate surface area is 283 Å². The highest BCUT2D eigenvalue weighted by Crippen LogP contribution is 2.60. The van der Waals surface area contributed by atoms with Crippen LogP contribution in [0.5, 0.6) is 0 Å². The molecule has 232 valence electrons. The predicted molar refractivity (Wildman–Crippen MR) is 176 cm³/mol. The molecule has 10 nitrogen and oxygen atoms in total. The SMILES string of the molecule is O=C(COC(=O)c1cc(-c2ccc(N3C(=O)C4C5CC(C(Br)C5Br)C4C3=O)cc2)nc2ccc(Cl)cc12)c1ccc([N+](=O)[O-])cc1. The van der Waals surface area contributed by atoms with Gasteiger partial charge in [0.25, 0.3) is 5.69 Å². The van der Waals surface area contributed by atoms with Crippen molar-refractivity contribution in [3.63, 3.8) is 0 Å². The Morgan fingerprint density at radius 3 is 2.17 bits per heavy atom. The number of pyridine rings is 1. The van der Waals surface area contributed by atoms with E-state index in [2.05, 4.69) is 31.9 Å². The minimum atomic E-state index is -0.785. The molecule has 0 radical (unpaired) electrons. The highest BCUT2D eigenvalue weighted by Gasteiger charge is 2.66. The van der Waals surface area contributed by atoms with E-state index >= 15 is 0 Å². The van der Waals surface area contributed by atoms with Crippen molar-refractivity contribution < 1.29 is 28.8 Å². The number of Topliss-reactive ketones (excluding diaryl/α,β-unsaturated/α-hetero) is 1. The number of anilines is 1. The molecule has 2 bridgehead atoms. The number of hydrogen-bond acceptors (Lipinski definition) is 8. The summed E-state index contributed by atoms with van der Waals surface area (Å²) in [6.07, 6.45) is 0.847. The maximum absolute atomic E-state index is 13.5. The lowest BCUT2D eigenvalue weighted by Gasteiger charge is -2.28. The van der Waals surface area contributed by atoms with E-state index in [1.807, 2.05) is 0 Å². The second kappa shape index (κ2) is 11.7. The lowest BCUT2D eigenvalue weighted by atomic mass is 9.81. The molecule has 3 aromatic carbocycles. The Morgan fingerprint density at radius 1 is 0.935 bits per heavy atom. The van der Waals surface area contributed by atoms with Crippen LogP contribution in [0.1, 0.15) is 27.1 Å². The fraction of sp³-hybridized carbons (Fsp3) is 0.242. The summed E-state index contributed by atoms with van der Waals surface area (Å²) in [6.45, 7) is -0.585. The van der Waals surface area contributed by atoms with Gasteiger partial charge in [0.2, 0.25) is 11.8 Å². The number of aromatic nitrogens is 1. The molecule has 3 fully saturated rings. The van der Waals surface area contributed by atoms with E-state index in [4.69, 9.17) is 21.3 Å². The maximum atomic E-state index is 13.5. The molecule has 13 heteroatoms. The van der Waals surface area contributed by atoms with Crippen LogP contribution in [0, 0.1) is 33.8 Å². The van der Waals surface area contributed by atoms with Crippen molar-refractivity contribution in [3.05, 3.63) is 99.1 Å². The Bertz CT molecular complexity index is 1940. The predicted octanol–water partition coefficient (Wildman–Crippen LogP) is 6.79. The number of amides is 2. The number of benzene rings is 3. The molecule has 2 amide bonds. The molecule has 3 aliphatic rings. The molecule has 1 aliphatic heterocycles. The monoisotopic (exact) mass is 765 g/mol. The number of ketones is 1. The molecule has 4 aromatic rings. The minimum absolute atomic E-state index is 0.109. The summed E-state index contributed by atoms with van der Waals surface area (Å²) >= 11 is 13.7. The van der Waals surface area contributed by atoms with Crippen LogP contribution in [0.2, 0.25) is 5.02 Å². The quantitative estimate of drug-likeness (QED) is 0.0501. The Kier molecular flexibility index (Phi) is 7.77. The molecule has 6 atom stereocenters. The average molecular weight is 768 g/mol. The molecule has 2 saturated carbocycles. The number of non-ortho nitro benzene ring substituents is 1. The number of fused-ring (bicyclic) bond motifs is 6. The molecule has 2 aliphatic carbocycles. The van der Waals surface area contributed by atoms with E-state index in [0.717, 1.165) is 6.42 Å². The van der Waals surface area contributed by atoms with Crippen LogP contribution in [0.4, 0.5) is 11.4 Å². The number of nitro groups is 1. The van der Waals surface area contributed by atoms with E-state index in [1.54, 1.807) is 42.5 Å². The second-order valence-electron chi connectivity index (χ2n) is 11.6. The van der Waals surface area contributed by atoms with Crippen LogP contribution in [0.3, 0.4) is 0 Å². The first-order valence-electron chi connectivity index (χ1n) is 14.3. The van der Waals surface area contributed by atoms with E-state index < -0.39 is 23.3 Å². The lowest BCUT2D eigenvalue weighted by Crippen LogP contribution is -2.37. The van der Waals surface area contributed by atoms with Crippen molar-refractivity contribution in [2.75, 3.05) is 11.5 Å². The molecule has 0 N–H and O–H groups in total. The van der Waals surface area contributed by atoms with Gasteiger partial charge in [-0.15, -0.1) is 0 Å². The molecule has 46 heavy (non-hydrogen) atoms. The van der Waals surface area contributed by atoms with Gasteiger partial charge in [0, 0.05) is 43.3 Å². The number of rotatable bonds is 7. The molecular formula is C33H22Br2ClN3O7. The van der Waals surface area contributed by atoms with Crippen molar-refractivity contribution >= 4 is 89.3 Å². The van der Waals surface area contributed by atoms with Gasteiger partial charge in [-0.1, -0.05) is 55.6 Å². The zero-order valence-electron chi connectivity index (χ0n) is 23.6. The fourth-order valence-electron chi connectivity index (χ4n) is 6.96. The summed E-state index contributed by atoms with van der Waals surface area (Å²) in [7, 11) is 0. The van der Waals surface area contributed by atoms with Crippen molar-refractivity contribution in [1.82, 2.24) is 4.98 Å². The smallest absolute Gasteiger partial charge is 0.339 e. The van der Waals surface area contributed by atoms with E-state index in [-0.39, 0.29) is 62.0 Å². The zero-order valence-corrected chi connectivity index (χ0v) is 27.6. The Balaban J connectivity index is 1.14. The van der Waals surface area contributed by atoms with Crippen molar-refractivity contribution in [3.8, 4) is 11.3 Å². The molecule has 1 aromatic heterocycles. The Hall–Kier alpha value is -4.00. The molecule has 0 spiro atoms. The van der Waals surface area contributed by atoms with Gasteiger partial charge in [0.15, 0.2) is 12.4 Å². The summed E-state index contributed by atoms with van der Waals surface area (Å²) in [5.41, 5.74) is 2.11. The third kappa shape index (κ3) is 5.03. The largest absolute Gasteiger partial charge is 0.454 e. The van der Waals surface area contributed by atoms with Crippen molar-refractivity contribution in [1.29, 1.82) is 0 Å². The average Bonchev–Trinajstić information content (AvgIpc) is 3.67. The van der Waals surface area contributed by atoms with Crippen LogP contribution < -0.4 is 4.90 Å². The van der Waals surface area contributed by atoms with Gasteiger partial charge in [-0.3, -0.25) is 29.4 Å². The van der Waals surface area contributed by atoms with Crippen LogP contribution in [-0.2, 0) is 14.3 Å². The number of ether oxygens (including phenoxy) is 1. The molecule has 7 rings (SSSR count). The number of carbonyl (C=O) groups is 4. The summed E-state index contributed by atoms with van der Waals surface area (Å²) in [5, 5.41) is 11.7. The number of hydrogen-bond donors (Lipinski definition) is 0. The molecule has 2 heterocycles. The first-order valence-corrected chi connectivity index (χ1v) is 16.6. The summed E-state index contributed by atoms with van der Waals surface area (Å²) in [6, 6.07) is 18.3. The summed E-state index contributed by atoms with van der Waals surface area (Å²) in [4.78, 5) is 69.5. The molecular weight excluding hydrogens is 746 g/mol. The Morgan fingerprint density at radius 2 is 1.57 bits per heavy atom. The number of nitro benzene ring substituents is 1. The topological polar surface area (TPSA) is 137 Å². The van der Waals surface area contributed by atoms with Gasteiger partial charge in [0.1, 0.15) is 0 Å². The highest BCUT2D eigenvalue weighted by atomic mass is 79.9. The number of imide groups is 1. The highest BCUT2D eigenvalue weighted by molar-refractivity contribution is 9.12. The van der Waals surface area contributed by atoms with Gasteiger partial charge in [-0.25, -0.2) is 9.78 Å². The van der Waals surface area contributed by atoms with Crippen molar-refractivity contribution in [2.24, 2.45) is 23.7 Å². The van der Waals surface area contributed by atoms with Crippen LogP contribution in [-0.4, -0.2) is 49.7 Å².